The number of Topliss-reactive ketones (excluding diaryl/α,β-unsaturated/α-hetero) is 1. The zero-order valence-corrected chi connectivity index (χ0v) is 7.93. The molecule has 1 rings (SSSR count). The Morgan fingerprint density at radius 1 is 1.38 bits per heavy atom. The van der Waals surface area contributed by atoms with E-state index in [0.717, 1.165) is 4.90 Å². The van der Waals surface area contributed by atoms with Crippen LogP contribution in [0.1, 0.15) is 10.4 Å². The fourth-order valence-corrected chi connectivity index (χ4v) is 1.37. The van der Waals surface area contributed by atoms with E-state index in [1.54, 1.807) is 18.2 Å². The van der Waals surface area contributed by atoms with Gasteiger partial charge in [0.15, 0.2) is 0 Å². The number of hydrogen-bond donors (Lipinski definition) is 1. The Hall–Kier alpha value is -1.29. The van der Waals surface area contributed by atoms with Crippen LogP contribution >= 0.6 is 11.8 Å². The van der Waals surface area contributed by atoms with Gasteiger partial charge in [0, 0.05) is 10.5 Å². The molecule has 0 aliphatic rings. The minimum atomic E-state index is -0.918. The SMILES string of the molecule is CSc1cccc(C(=O)C(N)=O)c1. The largest absolute Gasteiger partial charge is 0.363 e. The molecule has 4 heteroatoms. The number of primary amides is 1. The number of ketones is 1. The van der Waals surface area contributed by atoms with Gasteiger partial charge in [-0.3, -0.25) is 9.59 Å². The van der Waals surface area contributed by atoms with Gasteiger partial charge in [-0.25, -0.2) is 0 Å². The molecule has 0 aliphatic carbocycles. The molecule has 1 amide bonds. The molecule has 0 unspecified atom stereocenters. The van der Waals surface area contributed by atoms with Gasteiger partial charge in [0.25, 0.3) is 5.91 Å². The predicted octanol–water partition coefficient (Wildman–Crippen LogP) is 1.08. The number of amides is 1. The first-order valence-corrected chi connectivity index (χ1v) is 4.86. The maximum Gasteiger partial charge on any atom is 0.289 e. The third-order valence-electron chi connectivity index (χ3n) is 1.56. The molecule has 1 aromatic rings. The van der Waals surface area contributed by atoms with Gasteiger partial charge < -0.3 is 5.73 Å². The first kappa shape index (κ1) is 9.80. The number of carbonyl (C=O) groups excluding carboxylic acids is 2. The Bertz CT molecular complexity index is 349. The molecule has 0 heterocycles. The molecule has 0 radical (unpaired) electrons. The number of nitrogens with two attached hydrogens (primary N) is 1. The van der Waals surface area contributed by atoms with Crippen molar-refractivity contribution in [2.24, 2.45) is 5.73 Å². The van der Waals surface area contributed by atoms with Crippen LogP contribution in [0.15, 0.2) is 29.2 Å². The maximum atomic E-state index is 11.1. The molecule has 13 heavy (non-hydrogen) atoms. The molecule has 0 saturated carbocycles. The highest BCUT2D eigenvalue weighted by Gasteiger charge is 2.11. The maximum absolute atomic E-state index is 11.1. The number of rotatable bonds is 3. The monoisotopic (exact) mass is 195 g/mol. The van der Waals surface area contributed by atoms with Gasteiger partial charge >= 0.3 is 0 Å². The lowest BCUT2D eigenvalue weighted by atomic mass is 10.1. The van der Waals surface area contributed by atoms with Crippen LogP contribution in [0.2, 0.25) is 0 Å². The summed E-state index contributed by atoms with van der Waals surface area (Å²) < 4.78 is 0. The van der Waals surface area contributed by atoms with E-state index in [4.69, 9.17) is 5.73 Å². The van der Waals surface area contributed by atoms with Gasteiger partial charge in [-0.15, -0.1) is 11.8 Å². The van der Waals surface area contributed by atoms with Crippen molar-refractivity contribution in [2.45, 2.75) is 4.90 Å². The van der Waals surface area contributed by atoms with E-state index in [9.17, 15) is 9.59 Å². The van der Waals surface area contributed by atoms with Crippen molar-refractivity contribution in [3.8, 4) is 0 Å². The Morgan fingerprint density at radius 2 is 2.08 bits per heavy atom. The van der Waals surface area contributed by atoms with Crippen LogP contribution in [0.5, 0.6) is 0 Å². The Morgan fingerprint density at radius 3 is 2.62 bits per heavy atom. The highest BCUT2D eigenvalue weighted by molar-refractivity contribution is 7.98. The molecule has 68 valence electrons. The molecule has 0 fully saturated rings. The van der Waals surface area contributed by atoms with Crippen molar-refractivity contribution in [1.29, 1.82) is 0 Å². The molecule has 0 aromatic heterocycles. The van der Waals surface area contributed by atoms with Crippen LogP contribution in [0.3, 0.4) is 0 Å². The Labute approximate surface area is 80.3 Å². The van der Waals surface area contributed by atoms with Crippen LogP contribution in [-0.4, -0.2) is 17.9 Å². The topological polar surface area (TPSA) is 60.2 Å². The summed E-state index contributed by atoms with van der Waals surface area (Å²) in [6, 6.07) is 6.81. The minimum Gasteiger partial charge on any atom is -0.363 e. The van der Waals surface area contributed by atoms with Crippen molar-refractivity contribution >= 4 is 23.5 Å². The van der Waals surface area contributed by atoms with Crippen molar-refractivity contribution in [3.63, 3.8) is 0 Å². The second-order valence-corrected chi connectivity index (χ2v) is 3.30. The lowest BCUT2D eigenvalue weighted by Gasteiger charge is -1.98. The molecule has 2 N–H and O–H groups in total. The first-order valence-electron chi connectivity index (χ1n) is 3.63. The van der Waals surface area contributed by atoms with Crippen LogP contribution in [0.25, 0.3) is 0 Å². The first-order chi connectivity index (χ1) is 6.15. The molecule has 3 nitrogen and oxygen atoms in total. The second-order valence-electron chi connectivity index (χ2n) is 2.43. The van der Waals surface area contributed by atoms with Crippen LogP contribution in [0, 0.1) is 0 Å². The van der Waals surface area contributed by atoms with E-state index in [0.29, 0.717) is 5.56 Å². The van der Waals surface area contributed by atoms with E-state index in [-0.39, 0.29) is 0 Å². The highest BCUT2D eigenvalue weighted by Crippen LogP contribution is 2.15. The van der Waals surface area contributed by atoms with Crippen LogP contribution in [-0.2, 0) is 4.79 Å². The van der Waals surface area contributed by atoms with E-state index in [2.05, 4.69) is 0 Å². The lowest BCUT2D eigenvalue weighted by Crippen LogP contribution is -2.22. The van der Waals surface area contributed by atoms with Gasteiger partial charge in [0.1, 0.15) is 0 Å². The van der Waals surface area contributed by atoms with Gasteiger partial charge in [0.05, 0.1) is 0 Å². The second kappa shape index (κ2) is 4.09. The van der Waals surface area contributed by atoms with Crippen LogP contribution < -0.4 is 5.73 Å². The van der Waals surface area contributed by atoms with Gasteiger partial charge in [-0.2, -0.15) is 0 Å². The summed E-state index contributed by atoms with van der Waals surface area (Å²) in [5, 5.41) is 0. The average molecular weight is 195 g/mol. The quantitative estimate of drug-likeness (QED) is 0.446. The van der Waals surface area contributed by atoms with E-state index in [1.807, 2.05) is 12.3 Å². The van der Waals surface area contributed by atoms with Crippen molar-refractivity contribution in [1.82, 2.24) is 0 Å². The van der Waals surface area contributed by atoms with Crippen molar-refractivity contribution < 1.29 is 9.59 Å². The van der Waals surface area contributed by atoms with E-state index >= 15 is 0 Å². The number of hydrogen-bond acceptors (Lipinski definition) is 3. The standard InChI is InChI=1S/C9H9NO2S/c1-13-7-4-2-3-6(5-7)8(11)9(10)12/h2-5H,1H3,(H2,10,12). The van der Waals surface area contributed by atoms with Crippen LogP contribution in [0.4, 0.5) is 0 Å². The molecule has 1 aromatic carbocycles. The zero-order valence-electron chi connectivity index (χ0n) is 7.11. The summed E-state index contributed by atoms with van der Waals surface area (Å²) >= 11 is 1.51. The Kier molecular flexibility index (Phi) is 3.08. The fourth-order valence-electron chi connectivity index (χ4n) is 0.907. The number of thioether (sulfide) groups is 1. The average Bonchev–Trinajstić information content (AvgIpc) is 2.16. The fraction of sp³-hybridized carbons (Fsp3) is 0.111. The minimum absolute atomic E-state index is 0.347. The Balaban J connectivity index is 3.02. The smallest absolute Gasteiger partial charge is 0.289 e. The summed E-state index contributed by atoms with van der Waals surface area (Å²) in [7, 11) is 0. The molecule has 0 spiro atoms. The summed E-state index contributed by atoms with van der Waals surface area (Å²) in [6.45, 7) is 0. The summed E-state index contributed by atoms with van der Waals surface area (Å²) in [5.74, 6) is -1.56. The van der Waals surface area contributed by atoms with Crippen molar-refractivity contribution in [3.05, 3.63) is 29.8 Å². The number of carbonyl (C=O) groups is 2. The summed E-state index contributed by atoms with van der Waals surface area (Å²) in [5.41, 5.74) is 5.21. The zero-order chi connectivity index (χ0) is 9.84. The third-order valence-corrected chi connectivity index (χ3v) is 2.28. The third kappa shape index (κ3) is 2.32. The summed E-state index contributed by atoms with van der Waals surface area (Å²) in [6.07, 6.45) is 1.90. The molecule has 0 atom stereocenters. The molecule has 0 bridgehead atoms. The molecular weight excluding hydrogens is 186 g/mol. The number of benzene rings is 1. The van der Waals surface area contributed by atoms with E-state index < -0.39 is 11.7 Å². The molecular formula is C9H9NO2S. The lowest BCUT2D eigenvalue weighted by molar-refractivity contribution is -0.114. The van der Waals surface area contributed by atoms with Crippen molar-refractivity contribution in [2.75, 3.05) is 6.26 Å². The molecule has 0 saturated heterocycles. The van der Waals surface area contributed by atoms with Gasteiger partial charge in [-0.05, 0) is 18.4 Å². The van der Waals surface area contributed by atoms with Gasteiger partial charge in [0.2, 0.25) is 5.78 Å². The van der Waals surface area contributed by atoms with Gasteiger partial charge in [-0.1, -0.05) is 12.1 Å². The van der Waals surface area contributed by atoms with E-state index in [1.165, 1.54) is 11.8 Å². The highest BCUT2D eigenvalue weighted by atomic mass is 32.2. The summed E-state index contributed by atoms with van der Waals surface area (Å²) in [4.78, 5) is 22.6. The molecule has 0 aliphatic heterocycles. The normalized spacial score (nSPS) is 9.62. The predicted molar refractivity (Wildman–Crippen MR) is 51.7 cm³/mol.